The normalized spacial score (nSPS) is 10.5. The van der Waals surface area contributed by atoms with Crippen molar-refractivity contribution in [2.24, 2.45) is 0 Å². The summed E-state index contributed by atoms with van der Waals surface area (Å²) in [5.74, 6) is -0.831. The van der Waals surface area contributed by atoms with E-state index in [0.29, 0.717) is 16.9 Å². The predicted molar refractivity (Wildman–Crippen MR) is 84.8 cm³/mol. The number of benzene rings is 2. The third-order valence-corrected chi connectivity index (χ3v) is 2.75. The van der Waals surface area contributed by atoms with Gasteiger partial charge >= 0.3 is 0 Å². The fraction of sp³-hybridized carbons (Fsp3) is 0.0588. The number of hydrogen-bond donors (Lipinski definition) is 2. The molecule has 0 aromatic heterocycles. The first kappa shape index (κ1) is 15.4. The zero-order chi connectivity index (χ0) is 15.9. The molecule has 0 fully saturated rings. The molecule has 0 aliphatic carbocycles. The molecule has 0 atom stereocenters. The lowest BCUT2D eigenvalue weighted by Crippen LogP contribution is -2.08. The third-order valence-electron chi connectivity index (χ3n) is 2.75. The second-order valence-electron chi connectivity index (χ2n) is 4.64. The number of rotatable bonds is 4. The van der Waals surface area contributed by atoms with Gasteiger partial charge in [-0.15, -0.1) is 0 Å². The van der Waals surface area contributed by atoms with Gasteiger partial charge in [-0.2, -0.15) is 0 Å². The van der Waals surface area contributed by atoms with Crippen LogP contribution in [0, 0.1) is 5.82 Å². The Morgan fingerprint density at radius 1 is 1.00 bits per heavy atom. The molecule has 0 aliphatic rings. The molecule has 0 radical (unpaired) electrons. The summed E-state index contributed by atoms with van der Waals surface area (Å²) in [5, 5.41) is 5.31. The average Bonchev–Trinajstić information content (AvgIpc) is 2.47. The minimum absolute atomic E-state index is 0.158. The van der Waals surface area contributed by atoms with Gasteiger partial charge in [0.25, 0.3) is 0 Å². The first-order valence-corrected chi connectivity index (χ1v) is 6.65. The number of amides is 2. The van der Waals surface area contributed by atoms with Crippen LogP contribution in [0.3, 0.4) is 0 Å². The van der Waals surface area contributed by atoms with Crippen molar-refractivity contribution in [1.29, 1.82) is 0 Å². The van der Waals surface area contributed by atoms with Gasteiger partial charge in [0.1, 0.15) is 5.82 Å². The number of hydrogen-bond acceptors (Lipinski definition) is 2. The molecule has 5 heteroatoms. The van der Waals surface area contributed by atoms with E-state index >= 15 is 0 Å². The zero-order valence-electron chi connectivity index (χ0n) is 12.0. The van der Waals surface area contributed by atoms with E-state index in [-0.39, 0.29) is 17.6 Å². The van der Waals surface area contributed by atoms with Gasteiger partial charge in [-0.1, -0.05) is 12.1 Å². The van der Waals surface area contributed by atoms with E-state index in [1.165, 1.54) is 31.2 Å². The van der Waals surface area contributed by atoms with Gasteiger partial charge in [-0.25, -0.2) is 4.39 Å². The van der Waals surface area contributed by atoms with Gasteiger partial charge in [-0.05, 0) is 48.0 Å². The van der Waals surface area contributed by atoms with E-state index in [4.69, 9.17) is 0 Å². The van der Waals surface area contributed by atoms with E-state index in [0.717, 1.165) is 0 Å². The Labute approximate surface area is 127 Å². The highest BCUT2D eigenvalue weighted by Gasteiger charge is 2.00. The van der Waals surface area contributed by atoms with Crippen LogP contribution < -0.4 is 10.6 Å². The second kappa shape index (κ2) is 7.17. The van der Waals surface area contributed by atoms with E-state index < -0.39 is 0 Å². The molecule has 0 unspecified atom stereocenters. The van der Waals surface area contributed by atoms with Gasteiger partial charge in [0.2, 0.25) is 11.8 Å². The van der Waals surface area contributed by atoms with Crippen LogP contribution in [0.4, 0.5) is 15.8 Å². The SMILES string of the molecule is CC(=O)Nc1ccc(NC(=O)/C=C/c2cccc(F)c2)cc1. The van der Waals surface area contributed by atoms with Crippen LogP contribution in [0.5, 0.6) is 0 Å². The van der Waals surface area contributed by atoms with Gasteiger partial charge in [0.05, 0.1) is 0 Å². The zero-order valence-corrected chi connectivity index (χ0v) is 12.0. The molecular weight excluding hydrogens is 283 g/mol. The van der Waals surface area contributed by atoms with Crippen LogP contribution in [-0.4, -0.2) is 11.8 Å². The predicted octanol–water partition coefficient (Wildman–Crippen LogP) is 3.44. The lowest BCUT2D eigenvalue weighted by Gasteiger charge is -2.05. The van der Waals surface area contributed by atoms with Gasteiger partial charge in [0, 0.05) is 24.4 Å². The summed E-state index contributed by atoms with van der Waals surface area (Å²) >= 11 is 0. The Morgan fingerprint density at radius 2 is 1.64 bits per heavy atom. The highest BCUT2D eigenvalue weighted by atomic mass is 19.1. The maximum absolute atomic E-state index is 13.0. The molecule has 112 valence electrons. The molecule has 4 nitrogen and oxygen atoms in total. The Bertz CT molecular complexity index is 709. The molecule has 22 heavy (non-hydrogen) atoms. The molecule has 0 bridgehead atoms. The minimum atomic E-state index is -0.351. The van der Waals surface area contributed by atoms with Crippen molar-refractivity contribution in [1.82, 2.24) is 0 Å². The summed E-state index contributed by atoms with van der Waals surface area (Å²) in [5.41, 5.74) is 1.86. The Hall–Kier alpha value is -2.95. The van der Waals surface area contributed by atoms with E-state index in [1.807, 2.05) is 0 Å². The topological polar surface area (TPSA) is 58.2 Å². The molecule has 0 spiro atoms. The van der Waals surface area contributed by atoms with Crippen LogP contribution >= 0.6 is 0 Å². The molecule has 2 N–H and O–H groups in total. The van der Waals surface area contributed by atoms with Crippen LogP contribution in [-0.2, 0) is 9.59 Å². The maximum atomic E-state index is 13.0. The van der Waals surface area contributed by atoms with Crippen molar-refractivity contribution in [3.63, 3.8) is 0 Å². The van der Waals surface area contributed by atoms with Gasteiger partial charge < -0.3 is 10.6 Å². The summed E-state index contributed by atoms with van der Waals surface area (Å²) in [6.07, 6.45) is 2.86. The molecule has 2 rings (SSSR count). The Kier molecular flexibility index (Phi) is 5.03. The lowest BCUT2D eigenvalue weighted by atomic mass is 10.2. The van der Waals surface area contributed by atoms with Crippen LogP contribution in [0.2, 0.25) is 0 Å². The van der Waals surface area contributed by atoms with Crippen LogP contribution in [0.1, 0.15) is 12.5 Å². The minimum Gasteiger partial charge on any atom is -0.326 e. The average molecular weight is 298 g/mol. The lowest BCUT2D eigenvalue weighted by molar-refractivity contribution is -0.114. The quantitative estimate of drug-likeness (QED) is 0.850. The van der Waals surface area contributed by atoms with Crippen molar-refractivity contribution in [2.45, 2.75) is 6.92 Å². The highest BCUT2D eigenvalue weighted by Crippen LogP contribution is 2.13. The molecule has 0 saturated carbocycles. The first-order valence-electron chi connectivity index (χ1n) is 6.65. The van der Waals surface area contributed by atoms with Crippen molar-refractivity contribution >= 4 is 29.3 Å². The maximum Gasteiger partial charge on any atom is 0.248 e. The number of carbonyl (C=O) groups is 2. The van der Waals surface area contributed by atoms with E-state index in [2.05, 4.69) is 10.6 Å². The summed E-state index contributed by atoms with van der Waals surface area (Å²) in [4.78, 5) is 22.7. The van der Waals surface area contributed by atoms with Crippen LogP contribution in [0.15, 0.2) is 54.6 Å². The summed E-state index contributed by atoms with van der Waals surface area (Å²) in [6, 6.07) is 12.7. The molecule has 2 amide bonds. The first-order chi connectivity index (χ1) is 10.5. The van der Waals surface area contributed by atoms with Crippen molar-refractivity contribution < 1.29 is 14.0 Å². The fourth-order valence-electron chi connectivity index (χ4n) is 1.81. The molecule has 2 aromatic rings. The highest BCUT2D eigenvalue weighted by molar-refractivity contribution is 6.02. The monoisotopic (exact) mass is 298 g/mol. The smallest absolute Gasteiger partial charge is 0.248 e. The standard InChI is InChI=1S/C17H15FN2O2/c1-12(21)19-15-6-8-16(9-7-15)20-17(22)10-5-13-3-2-4-14(18)11-13/h2-11H,1H3,(H,19,21)(H,20,22)/b10-5+. The van der Waals surface area contributed by atoms with Crippen molar-refractivity contribution in [3.05, 3.63) is 66.0 Å². The fourth-order valence-corrected chi connectivity index (χ4v) is 1.81. The van der Waals surface area contributed by atoms with Gasteiger partial charge in [-0.3, -0.25) is 9.59 Å². The Balaban J connectivity index is 1.95. The number of carbonyl (C=O) groups excluding carboxylic acids is 2. The van der Waals surface area contributed by atoms with Crippen molar-refractivity contribution in [3.8, 4) is 0 Å². The molecule has 0 saturated heterocycles. The molecule has 0 aliphatic heterocycles. The number of anilines is 2. The summed E-state index contributed by atoms with van der Waals surface area (Å²) < 4.78 is 13.0. The van der Waals surface area contributed by atoms with Crippen molar-refractivity contribution in [2.75, 3.05) is 10.6 Å². The number of nitrogens with one attached hydrogen (secondary N) is 2. The van der Waals surface area contributed by atoms with E-state index in [9.17, 15) is 14.0 Å². The summed E-state index contributed by atoms with van der Waals surface area (Å²) in [7, 11) is 0. The van der Waals surface area contributed by atoms with E-state index in [1.54, 1.807) is 36.4 Å². The molecule has 0 heterocycles. The van der Waals surface area contributed by atoms with Crippen LogP contribution in [0.25, 0.3) is 6.08 Å². The largest absolute Gasteiger partial charge is 0.326 e. The molecule has 2 aromatic carbocycles. The summed E-state index contributed by atoms with van der Waals surface area (Å²) in [6.45, 7) is 1.42. The van der Waals surface area contributed by atoms with Gasteiger partial charge in [0.15, 0.2) is 0 Å². The number of halogens is 1. The second-order valence-corrected chi connectivity index (χ2v) is 4.64. The Morgan fingerprint density at radius 3 is 2.23 bits per heavy atom. The third kappa shape index (κ3) is 4.86. The molecular formula is C17H15FN2O2.